The summed E-state index contributed by atoms with van der Waals surface area (Å²) in [6, 6.07) is 10.9. The first kappa shape index (κ1) is 21.1. The van der Waals surface area contributed by atoms with Gasteiger partial charge in [0.25, 0.3) is 0 Å². The van der Waals surface area contributed by atoms with Gasteiger partial charge in [0.15, 0.2) is 5.82 Å². The summed E-state index contributed by atoms with van der Waals surface area (Å²) in [5.41, 5.74) is 0.947. The van der Waals surface area contributed by atoms with Crippen molar-refractivity contribution in [3.05, 3.63) is 48.2 Å². The molecule has 8 heteroatoms. The fraction of sp³-hybridized carbons (Fsp3) is 0.400. The summed E-state index contributed by atoms with van der Waals surface area (Å²) in [4.78, 5) is 37.5. The van der Waals surface area contributed by atoms with Crippen LogP contribution in [0.1, 0.15) is 37.8 Å². The van der Waals surface area contributed by atoms with Gasteiger partial charge in [0.05, 0.1) is 6.04 Å². The van der Waals surface area contributed by atoms with Gasteiger partial charge in [0.1, 0.15) is 0 Å². The van der Waals surface area contributed by atoms with Gasteiger partial charge in [0, 0.05) is 39.3 Å². The molecule has 0 bridgehead atoms. The summed E-state index contributed by atoms with van der Waals surface area (Å²) < 4.78 is 1.63. The van der Waals surface area contributed by atoms with Crippen LogP contribution in [0.5, 0.6) is 0 Å². The molecule has 0 aliphatic rings. The Morgan fingerprint density at radius 1 is 1.11 bits per heavy atom. The number of anilines is 1. The maximum atomic E-state index is 12.2. The Kier molecular flexibility index (Phi) is 7.74. The van der Waals surface area contributed by atoms with Gasteiger partial charge in [-0.25, -0.2) is 0 Å². The molecule has 1 atom stereocenters. The van der Waals surface area contributed by atoms with E-state index in [-0.39, 0.29) is 11.9 Å². The molecule has 0 aliphatic carbocycles. The standard InChI is InChI=1S/C20H27N5O3/c1-4-16(15-9-6-5-7-10-15)21-19(27)20(28)22-17-12-14-25(23-17)13-8-11-18(26)24(2)3/h5-7,9-10,12,14,16H,4,8,11,13H2,1-3H3,(H,21,27)(H,22,23,28)/t16-/m0/s1. The second kappa shape index (κ2) is 10.2. The lowest BCUT2D eigenvalue weighted by atomic mass is 10.0. The summed E-state index contributed by atoms with van der Waals surface area (Å²) in [6.45, 7) is 2.49. The molecule has 8 nitrogen and oxygen atoms in total. The Hall–Kier alpha value is -3.16. The van der Waals surface area contributed by atoms with E-state index in [0.29, 0.717) is 31.6 Å². The van der Waals surface area contributed by atoms with E-state index in [0.717, 1.165) is 5.56 Å². The van der Waals surface area contributed by atoms with Gasteiger partial charge in [-0.2, -0.15) is 5.10 Å². The number of aryl methyl sites for hydroxylation is 1. The first-order valence-corrected chi connectivity index (χ1v) is 9.31. The molecule has 0 fully saturated rings. The molecule has 0 spiro atoms. The summed E-state index contributed by atoms with van der Waals surface area (Å²) in [5, 5.41) is 9.45. The highest BCUT2D eigenvalue weighted by atomic mass is 16.2. The number of hydrogen-bond donors (Lipinski definition) is 2. The average molecular weight is 385 g/mol. The molecule has 2 aromatic rings. The molecule has 2 N–H and O–H groups in total. The summed E-state index contributed by atoms with van der Waals surface area (Å²) >= 11 is 0. The van der Waals surface area contributed by atoms with Crippen molar-refractivity contribution in [1.29, 1.82) is 0 Å². The fourth-order valence-electron chi connectivity index (χ4n) is 2.67. The van der Waals surface area contributed by atoms with Crippen LogP contribution in [0, 0.1) is 0 Å². The number of rotatable bonds is 8. The van der Waals surface area contributed by atoms with Crippen molar-refractivity contribution in [1.82, 2.24) is 20.0 Å². The zero-order chi connectivity index (χ0) is 20.5. The van der Waals surface area contributed by atoms with Gasteiger partial charge in [-0.3, -0.25) is 19.1 Å². The summed E-state index contributed by atoms with van der Waals surface area (Å²) in [6.07, 6.45) is 3.44. The molecule has 0 radical (unpaired) electrons. The maximum absolute atomic E-state index is 12.2. The number of amides is 3. The van der Waals surface area contributed by atoms with Gasteiger partial charge >= 0.3 is 11.8 Å². The van der Waals surface area contributed by atoms with Crippen molar-refractivity contribution in [2.45, 2.75) is 38.8 Å². The zero-order valence-electron chi connectivity index (χ0n) is 16.5. The number of carbonyl (C=O) groups excluding carboxylic acids is 3. The average Bonchev–Trinajstić information content (AvgIpc) is 3.13. The van der Waals surface area contributed by atoms with E-state index < -0.39 is 11.8 Å². The van der Waals surface area contributed by atoms with Crippen molar-refractivity contribution in [2.24, 2.45) is 0 Å². The monoisotopic (exact) mass is 385 g/mol. The summed E-state index contributed by atoms with van der Waals surface area (Å²) in [5.74, 6) is -1.11. The van der Waals surface area contributed by atoms with Crippen LogP contribution in [0.25, 0.3) is 0 Å². The third-order valence-corrected chi connectivity index (χ3v) is 4.28. The van der Waals surface area contributed by atoms with Crippen LogP contribution in [-0.2, 0) is 20.9 Å². The molecule has 1 aromatic carbocycles. The zero-order valence-corrected chi connectivity index (χ0v) is 16.5. The van der Waals surface area contributed by atoms with E-state index in [2.05, 4.69) is 15.7 Å². The SMILES string of the molecule is CC[C@H](NC(=O)C(=O)Nc1ccn(CCCC(=O)N(C)C)n1)c1ccccc1. The quantitative estimate of drug-likeness (QED) is 0.679. The van der Waals surface area contributed by atoms with Crippen LogP contribution in [0.3, 0.4) is 0 Å². The van der Waals surface area contributed by atoms with Crippen molar-refractivity contribution >= 4 is 23.5 Å². The van der Waals surface area contributed by atoms with E-state index in [1.54, 1.807) is 35.9 Å². The molecular weight excluding hydrogens is 358 g/mol. The van der Waals surface area contributed by atoms with Crippen LogP contribution in [0.15, 0.2) is 42.6 Å². The van der Waals surface area contributed by atoms with Crippen LogP contribution in [-0.4, -0.2) is 46.5 Å². The molecule has 0 saturated carbocycles. The molecule has 0 unspecified atom stereocenters. The Morgan fingerprint density at radius 2 is 1.82 bits per heavy atom. The molecule has 1 aromatic heterocycles. The molecule has 0 saturated heterocycles. The van der Waals surface area contributed by atoms with E-state index in [1.165, 1.54) is 0 Å². The number of hydrogen-bond acceptors (Lipinski definition) is 4. The topological polar surface area (TPSA) is 96.3 Å². The van der Waals surface area contributed by atoms with Gasteiger partial charge in [-0.05, 0) is 18.4 Å². The van der Waals surface area contributed by atoms with Crippen LogP contribution in [0.2, 0.25) is 0 Å². The fourth-order valence-corrected chi connectivity index (χ4v) is 2.67. The van der Waals surface area contributed by atoms with Crippen molar-refractivity contribution < 1.29 is 14.4 Å². The minimum atomic E-state index is -0.762. The minimum Gasteiger partial charge on any atom is -0.349 e. The Morgan fingerprint density at radius 3 is 2.46 bits per heavy atom. The Balaban J connectivity index is 1.84. The van der Waals surface area contributed by atoms with Crippen molar-refractivity contribution in [3.63, 3.8) is 0 Å². The van der Waals surface area contributed by atoms with E-state index in [4.69, 9.17) is 0 Å². The van der Waals surface area contributed by atoms with Crippen LogP contribution >= 0.6 is 0 Å². The Bertz CT molecular complexity index is 801. The second-order valence-corrected chi connectivity index (χ2v) is 6.65. The molecule has 0 aliphatic heterocycles. The predicted octanol–water partition coefficient (Wildman–Crippen LogP) is 1.96. The highest BCUT2D eigenvalue weighted by Crippen LogP contribution is 2.15. The van der Waals surface area contributed by atoms with Crippen molar-refractivity contribution in [2.75, 3.05) is 19.4 Å². The number of aromatic nitrogens is 2. The second-order valence-electron chi connectivity index (χ2n) is 6.65. The lowest BCUT2D eigenvalue weighted by molar-refractivity contribution is -0.136. The Labute approximate surface area is 164 Å². The predicted molar refractivity (Wildman–Crippen MR) is 106 cm³/mol. The van der Waals surface area contributed by atoms with E-state index in [9.17, 15) is 14.4 Å². The molecular formula is C20H27N5O3. The van der Waals surface area contributed by atoms with Crippen LogP contribution < -0.4 is 10.6 Å². The third kappa shape index (κ3) is 6.22. The molecule has 150 valence electrons. The molecule has 1 heterocycles. The van der Waals surface area contributed by atoms with Crippen molar-refractivity contribution in [3.8, 4) is 0 Å². The highest BCUT2D eigenvalue weighted by Gasteiger charge is 2.19. The number of carbonyl (C=O) groups is 3. The normalized spacial score (nSPS) is 11.5. The molecule has 2 rings (SSSR count). The largest absolute Gasteiger partial charge is 0.349 e. The lowest BCUT2D eigenvalue weighted by Gasteiger charge is -2.16. The van der Waals surface area contributed by atoms with Gasteiger partial charge < -0.3 is 15.5 Å². The first-order valence-electron chi connectivity index (χ1n) is 9.31. The van der Waals surface area contributed by atoms with Gasteiger partial charge in [0.2, 0.25) is 5.91 Å². The van der Waals surface area contributed by atoms with E-state index >= 15 is 0 Å². The highest BCUT2D eigenvalue weighted by molar-refractivity contribution is 6.39. The third-order valence-electron chi connectivity index (χ3n) is 4.28. The number of nitrogens with zero attached hydrogens (tertiary/aromatic N) is 3. The lowest BCUT2D eigenvalue weighted by Crippen LogP contribution is -2.37. The minimum absolute atomic E-state index is 0.0567. The van der Waals surface area contributed by atoms with Crippen LogP contribution in [0.4, 0.5) is 5.82 Å². The summed E-state index contributed by atoms with van der Waals surface area (Å²) in [7, 11) is 3.44. The van der Waals surface area contributed by atoms with E-state index in [1.807, 2.05) is 37.3 Å². The molecule has 28 heavy (non-hydrogen) atoms. The number of nitrogens with one attached hydrogen (secondary N) is 2. The van der Waals surface area contributed by atoms with Gasteiger partial charge in [-0.1, -0.05) is 37.3 Å². The first-order chi connectivity index (χ1) is 13.4. The smallest absolute Gasteiger partial charge is 0.314 e. The van der Waals surface area contributed by atoms with Gasteiger partial charge in [-0.15, -0.1) is 0 Å². The molecule has 3 amide bonds. The maximum Gasteiger partial charge on any atom is 0.314 e. The number of benzene rings is 1.